The van der Waals surface area contributed by atoms with Gasteiger partial charge in [0.1, 0.15) is 11.9 Å². The first-order chi connectivity index (χ1) is 11.8. The highest BCUT2D eigenvalue weighted by Gasteiger charge is 2.58. The molecule has 18 heteroatoms. The number of halogens is 2. The molecule has 1 fully saturated rings. The van der Waals surface area contributed by atoms with Crippen molar-refractivity contribution < 1.29 is 57.1 Å². The molecule has 1 saturated heterocycles. The second-order valence-electron chi connectivity index (χ2n) is 4.75. The number of ether oxygens (including phenoxy) is 1. The highest BCUT2D eigenvalue weighted by molar-refractivity contribution is 7.40. The largest absolute Gasteiger partial charge is 0.822 e. The number of hydrogen-bond donors (Lipinski definition) is 2. The minimum absolute atomic E-state index is 0.0684. The van der Waals surface area contributed by atoms with E-state index < -0.39 is 45.7 Å². The number of aromatic nitrogens is 2. The standard InChI is InChI=1S/C9H11F2N3O3.2H3O4P/c1-4-6(15)9(10,11)7(17-4)14-3-2-5(12)13-8(14)16;2*1-5(2,3)4/h2-4,6-7,15H,1H3,(H2,12,13,16);2*(H3,1,2,3,4)/p-6. The molecule has 1 aromatic rings. The summed E-state index contributed by atoms with van der Waals surface area (Å²) in [4.78, 5) is 66.0. The fourth-order valence-corrected chi connectivity index (χ4v) is 1.68. The molecule has 0 amide bonds. The first kappa shape index (κ1) is 25.7. The van der Waals surface area contributed by atoms with Crippen LogP contribution in [-0.4, -0.2) is 32.8 Å². The fraction of sp³-hybridized carbons (Fsp3) is 0.556. The zero-order valence-electron chi connectivity index (χ0n) is 13.0. The average Bonchev–Trinajstić information content (AvgIpc) is 2.59. The number of rotatable bonds is 1. The first-order valence-corrected chi connectivity index (χ1v) is 9.28. The molecule has 2 heterocycles. The summed E-state index contributed by atoms with van der Waals surface area (Å²) in [6, 6.07) is 1.20. The smallest absolute Gasteiger partial charge is 0.351 e. The molecule has 3 N–H and O–H groups in total. The molecular formula is C9H11F2N3O11P2-6. The molecule has 1 aliphatic rings. The van der Waals surface area contributed by atoms with Crippen LogP contribution in [0, 0.1) is 0 Å². The maximum absolute atomic E-state index is 13.6. The number of anilines is 1. The van der Waals surface area contributed by atoms with Crippen LogP contribution < -0.4 is 40.8 Å². The van der Waals surface area contributed by atoms with Crippen LogP contribution in [0.1, 0.15) is 13.2 Å². The lowest BCUT2D eigenvalue weighted by molar-refractivity contribution is -0.434. The summed E-state index contributed by atoms with van der Waals surface area (Å²) in [5, 5.41) is 9.27. The van der Waals surface area contributed by atoms with Crippen LogP contribution in [0.25, 0.3) is 0 Å². The van der Waals surface area contributed by atoms with Gasteiger partial charge in [0.25, 0.3) is 0 Å². The number of nitrogen functional groups attached to an aromatic ring is 1. The Hall–Kier alpha value is -1.32. The molecule has 0 saturated carbocycles. The van der Waals surface area contributed by atoms with Crippen molar-refractivity contribution in [1.82, 2.24) is 9.55 Å². The van der Waals surface area contributed by atoms with Crippen LogP contribution in [0.2, 0.25) is 0 Å². The maximum Gasteiger partial charge on any atom is 0.351 e. The van der Waals surface area contributed by atoms with E-state index in [2.05, 4.69) is 4.98 Å². The minimum atomic E-state index is -5.39. The maximum atomic E-state index is 13.6. The summed E-state index contributed by atoms with van der Waals surface area (Å²) in [5.74, 6) is -3.62. The number of alkyl halides is 2. The Morgan fingerprint density at radius 1 is 1.22 bits per heavy atom. The van der Waals surface area contributed by atoms with Crippen LogP contribution in [0.3, 0.4) is 0 Å². The molecule has 2 rings (SSSR count). The summed E-state index contributed by atoms with van der Waals surface area (Å²) in [7, 11) is -10.8. The van der Waals surface area contributed by atoms with E-state index in [4.69, 9.17) is 49.0 Å². The Kier molecular flexibility index (Phi) is 8.80. The van der Waals surface area contributed by atoms with Gasteiger partial charge in [0.15, 0.2) is 0 Å². The van der Waals surface area contributed by atoms with Crippen molar-refractivity contribution in [3.63, 3.8) is 0 Å². The third kappa shape index (κ3) is 9.97. The number of nitrogens with zero attached hydrogens (tertiary/aromatic N) is 2. The van der Waals surface area contributed by atoms with Gasteiger partial charge in [-0.25, -0.2) is 4.79 Å². The second-order valence-corrected chi connectivity index (χ2v) is 6.54. The van der Waals surface area contributed by atoms with Gasteiger partial charge in [-0.05, 0) is 13.0 Å². The van der Waals surface area contributed by atoms with Crippen molar-refractivity contribution in [3.8, 4) is 0 Å². The molecular weight excluding hydrogens is 426 g/mol. The van der Waals surface area contributed by atoms with Gasteiger partial charge in [-0.1, -0.05) is 0 Å². The van der Waals surface area contributed by atoms with Crippen LogP contribution in [0.15, 0.2) is 17.1 Å². The highest BCUT2D eigenvalue weighted by atomic mass is 31.2. The van der Waals surface area contributed by atoms with Crippen molar-refractivity contribution in [2.75, 3.05) is 5.73 Å². The van der Waals surface area contributed by atoms with Gasteiger partial charge >= 0.3 is 11.6 Å². The number of aliphatic hydroxyl groups excluding tert-OH is 1. The Morgan fingerprint density at radius 2 is 1.63 bits per heavy atom. The van der Waals surface area contributed by atoms with Crippen molar-refractivity contribution in [3.05, 3.63) is 22.7 Å². The van der Waals surface area contributed by atoms with Gasteiger partial charge < -0.3 is 54.1 Å². The minimum Gasteiger partial charge on any atom is -0.822 e. The Labute approximate surface area is 149 Å². The van der Waals surface area contributed by atoms with Crippen LogP contribution in [0.5, 0.6) is 0 Å². The van der Waals surface area contributed by atoms with E-state index in [0.717, 1.165) is 6.20 Å². The lowest BCUT2D eigenvalue weighted by atomic mass is 10.1. The topological polar surface area (TPSA) is 263 Å². The molecule has 0 aromatic carbocycles. The molecule has 3 atom stereocenters. The monoisotopic (exact) mass is 437 g/mol. The lowest BCUT2D eigenvalue weighted by Gasteiger charge is -2.36. The zero-order chi connectivity index (χ0) is 21.8. The van der Waals surface area contributed by atoms with E-state index in [9.17, 15) is 18.7 Å². The molecule has 158 valence electrons. The van der Waals surface area contributed by atoms with Crippen LogP contribution >= 0.6 is 15.6 Å². The molecule has 1 aliphatic heterocycles. The third-order valence-corrected chi connectivity index (χ3v) is 2.62. The number of hydrogen-bond acceptors (Lipinski definition) is 13. The number of aliphatic hydroxyl groups is 1. The molecule has 0 radical (unpaired) electrons. The van der Waals surface area contributed by atoms with Gasteiger partial charge in [-0.2, -0.15) is 29.4 Å². The number of nitrogens with two attached hydrogens (primary N) is 1. The van der Waals surface area contributed by atoms with E-state index in [1.165, 1.54) is 13.0 Å². The Morgan fingerprint density at radius 3 is 1.93 bits per heavy atom. The molecule has 0 aliphatic carbocycles. The van der Waals surface area contributed by atoms with Gasteiger partial charge in [-0.3, -0.25) is 4.57 Å². The first-order valence-electron chi connectivity index (χ1n) is 6.36. The van der Waals surface area contributed by atoms with Crippen LogP contribution in [-0.2, 0) is 13.9 Å². The lowest BCUT2D eigenvalue weighted by Crippen LogP contribution is -2.41. The van der Waals surface area contributed by atoms with Crippen LogP contribution in [0.4, 0.5) is 14.6 Å². The molecule has 0 spiro atoms. The number of phosphoric acid groups is 2. The van der Waals surface area contributed by atoms with E-state index in [1.54, 1.807) is 0 Å². The fourth-order valence-electron chi connectivity index (χ4n) is 1.68. The predicted octanol–water partition coefficient (Wildman–Crippen LogP) is -5.91. The normalized spacial score (nSPS) is 24.3. The van der Waals surface area contributed by atoms with Gasteiger partial charge in [0.05, 0.1) is 6.10 Å². The van der Waals surface area contributed by atoms with E-state index in [1.807, 2.05) is 0 Å². The highest BCUT2D eigenvalue weighted by Crippen LogP contribution is 2.41. The second kappa shape index (κ2) is 9.25. The van der Waals surface area contributed by atoms with E-state index in [0.29, 0.717) is 4.57 Å². The van der Waals surface area contributed by atoms with Gasteiger partial charge in [0, 0.05) is 6.20 Å². The van der Waals surface area contributed by atoms with Crippen molar-refractivity contribution in [2.24, 2.45) is 0 Å². The van der Waals surface area contributed by atoms with Gasteiger partial charge in [0.2, 0.25) is 6.23 Å². The molecule has 0 bridgehead atoms. The summed E-state index contributed by atoms with van der Waals surface area (Å²) in [5.41, 5.74) is 4.30. The van der Waals surface area contributed by atoms with Crippen molar-refractivity contribution in [2.45, 2.75) is 31.3 Å². The van der Waals surface area contributed by atoms with Crippen molar-refractivity contribution >= 4 is 21.5 Å². The average molecular weight is 437 g/mol. The molecule has 3 unspecified atom stereocenters. The predicted molar refractivity (Wildman–Crippen MR) is 68.7 cm³/mol. The van der Waals surface area contributed by atoms with Crippen molar-refractivity contribution in [1.29, 1.82) is 0 Å². The quantitative estimate of drug-likeness (QED) is 0.388. The Balaban J connectivity index is 0.000000563. The SMILES string of the molecule is CC1OC(n2ccc(N)nc2=O)C(F)(F)C1O.O=P([O-])([O-])[O-].O=P([O-])([O-])[O-]. The van der Waals surface area contributed by atoms with E-state index >= 15 is 0 Å². The molecule has 27 heavy (non-hydrogen) atoms. The molecule has 14 nitrogen and oxygen atoms in total. The summed E-state index contributed by atoms with van der Waals surface area (Å²) < 4.78 is 49.8. The molecule has 1 aromatic heterocycles. The Bertz CT molecular complexity index is 742. The summed E-state index contributed by atoms with van der Waals surface area (Å²) in [6.45, 7) is 1.30. The summed E-state index contributed by atoms with van der Waals surface area (Å²) in [6.07, 6.45) is -3.84. The zero-order valence-corrected chi connectivity index (χ0v) is 14.8. The van der Waals surface area contributed by atoms with Gasteiger partial charge in [-0.15, -0.1) is 0 Å². The summed E-state index contributed by atoms with van der Waals surface area (Å²) >= 11 is 0. The van der Waals surface area contributed by atoms with E-state index in [-0.39, 0.29) is 5.82 Å². The third-order valence-electron chi connectivity index (χ3n) is 2.62.